The Morgan fingerprint density at radius 1 is 1.33 bits per heavy atom. The van der Waals surface area contributed by atoms with E-state index in [4.69, 9.17) is 5.11 Å². The van der Waals surface area contributed by atoms with Crippen LogP contribution in [0, 0.1) is 0 Å². The van der Waals surface area contributed by atoms with Gasteiger partial charge in [-0.25, -0.2) is 4.79 Å². The topological polar surface area (TPSA) is 86.2 Å². The second-order valence-electron chi connectivity index (χ2n) is 3.01. The number of hydrogen-bond acceptors (Lipinski definition) is 3. The van der Waals surface area contributed by atoms with Crippen LogP contribution in [0.3, 0.4) is 0 Å². The molecule has 0 fully saturated rings. The molecule has 0 radical (unpaired) electrons. The maximum atomic E-state index is 10.7. The molecule has 0 saturated carbocycles. The molecule has 0 unspecified atom stereocenters. The summed E-state index contributed by atoms with van der Waals surface area (Å²) in [6.07, 6.45) is 1.53. The molecule has 1 heterocycles. The fraction of sp³-hybridized carbons (Fsp3) is 0. The van der Waals surface area contributed by atoms with Gasteiger partial charge in [0, 0.05) is 11.8 Å². The normalized spacial score (nSPS) is 10.1. The molecular formula is C10H8N2O3. The van der Waals surface area contributed by atoms with E-state index < -0.39 is 5.97 Å². The fourth-order valence-electron chi connectivity index (χ4n) is 1.29. The van der Waals surface area contributed by atoms with Crippen molar-refractivity contribution in [3.63, 3.8) is 0 Å². The minimum Gasteiger partial charge on any atom is -0.507 e. The van der Waals surface area contributed by atoms with E-state index in [1.54, 1.807) is 6.07 Å². The molecule has 5 heteroatoms. The highest BCUT2D eigenvalue weighted by Crippen LogP contribution is 2.28. The van der Waals surface area contributed by atoms with Gasteiger partial charge < -0.3 is 10.2 Å². The Bertz CT molecular complexity index is 491. The molecule has 1 aromatic heterocycles. The number of hydrogen-bond donors (Lipinski definition) is 3. The van der Waals surface area contributed by atoms with E-state index in [2.05, 4.69) is 10.2 Å². The summed E-state index contributed by atoms with van der Waals surface area (Å²) in [4.78, 5) is 10.7. The minimum atomic E-state index is -1.03. The van der Waals surface area contributed by atoms with E-state index in [9.17, 15) is 9.90 Å². The molecule has 0 aliphatic rings. The van der Waals surface area contributed by atoms with E-state index in [-0.39, 0.29) is 11.3 Å². The summed E-state index contributed by atoms with van der Waals surface area (Å²) in [6, 6.07) is 5.74. The number of aromatic amines is 1. The summed E-state index contributed by atoms with van der Waals surface area (Å²) < 4.78 is 0. The number of benzene rings is 1. The van der Waals surface area contributed by atoms with Crippen LogP contribution in [0.25, 0.3) is 11.3 Å². The summed E-state index contributed by atoms with van der Waals surface area (Å²) in [5.41, 5.74) is 1.13. The Balaban J connectivity index is 2.55. The van der Waals surface area contributed by atoms with Crippen LogP contribution in [0.4, 0.5) is 0 Å². The van der Waals surface area contributed by atoms with Crippen molar-refractivity contribution in [2.45, 2.75) is 0 Å². The van der Waals surface area contributed by atoms with Crippen molar-refractivity contribution in [1.82, 2.24) is 10.2 Å². The van der Waals surface area contributed by atoms with Crippen LogP contribution in [0.2, 0.25) is 0 Å². The molecule has 0 aliphatic carbocycles. The smallest absolute Gasteiger partial charge is 0.335 e. The number of phenolic OH excluding ortho intramolecular Hbond substituents is 1. The van der Waals surface area contributed by atoms with E-state index in [0.717, 1.165) is 0 Å². The highest BCUT2D eigenvalue weighted by atomic mass is 16.4. The van der Waals surface area contributed by atoms with E-state index in [0.29, 0.717) is 11.3 Å². The Hall–Kier alpha value is -2.30. The third kappa shape index (κ3) is 1.67. The van der Waals surface area contributed by atoms with Gasteiger partial charge in [-0.3, -0.25) is 5.10 Å². The number of nitrogens with zero attached hydrogens (tertiary/aromatic N) is 1. The molecule has 2 rings (SSSR count). The van der Waals surface area contributed by atoms with Crippen molar-refractivity contribution in [3.05, 3.63) is 36.0 Å². The largest absolute Gasteiger partial charge is 0.507 e. The van der Waals surface area contributed by atoms with Crippen LogP contribution in [-0.2, 0) is 0 Å². The summed E-state index contributed by atoms with van der Waals surface area (Å²) in [6.45, 7) is 0. The molecule has 5 nitrogen and oxygen atoms in total. The lowest BCUT2D eigenvalue weighted by atomic mass is 10.1. The average molecular weight is 204 g/mol. The summed E-state index contributed by atoms with van der Waals surface area (Å²) in [5.74, 6) is -1.01. The monoisotopic (exact) mass is 204 g/mol. The highest BCUT2D eigenvalue weighted by Gasteiger charge is 2.10. The second-order valence-corrected chi connectivity index (χ2v) is 3.01. The first-order valence-electron chi connectivity index (χ1n) is 4.24. The first-order chi connectivity index (χ1) is 7.18. The Kier molecular flexibility index (Phi) is 2.13. The molecule has 2 aromatic rings. The minimum absolute atomic E-state index is 0.0178. The maximum absolute atomic E-state index is 10.7. The van der Waals surface area contributed by atoms with Crippen LogP contribution in [0.1, 0.15) is 10.4 Å². The van der Waals surface area contributed by atoms with Gasteiger partial charge in [0.2, 0.25) is 0 Å². The molecule has 0 spiro atoms. The van der Waals surface area contributed by atoms with Crippen LogP contribution in [-0.4, -0.2) is 26.4 Å². The quantitative estimate of drug-likeness (QED) is 0.691. The van der Waals surface area contributed by atoms with Gasteiger partial charge in [-0.1, -0.05) is 0 Å². The zero-order valence-electron chi connectivity index (χ0n) is 7.64. The predicted octanol–water partition coefficient (Wildman–Crippen LogP) is 1.48. The second kappa shape index (κ2) is 3.45. The van der Waals surface area contributed by atoms with Gasteiger partial charge in [0.15, 0.2) is 0 Å². The summed E-state index contributed by atoms with van der Waals surface area (Å²) in [7, 11) is 0. The van der Waals surface area contributed by atoms with Crippen molar-refractivity contribution in [2.24, 2.45) is 0 Å². The summed E-state index contributed by atoms with van der Waals surface area (Å²) in [5, 5.41) is 24.7. The molecule has 0 amide bonds. The van der Waals surface area contributed by atoms with E-state index in [1.165, 1.54) is 24.4 Å². The number of aromatic carboxylic acids is 1. The van der Waals surface area contributed by atoms with Crippen molar-refractivity contribution in [3.8, 4) is 17.0 Å². The van der Waals surface area contributed by atoms with Gasteiger partial charge >= 0.3 is 5.97 Å². The van der Waals surface area contributed by atoms with Crippen LogP contribution >= 0.6 is 0 Å². The number of rotatable bonds is 2. The van der Waals surface area contributed by atoms with Gasteiger partial charge in [0.25, 0.3) is 0 Å². The number of phenols is 1. The first-order valence-corrected chi connectivity index (χ1v) is 4.24. The molecule has 0 aliphatic heterocycles. The molecular weight excluding hydrogens is 196 g/mol. The van der Waals surface area contributed by atoms with Crippen LogP contribution < -0.4 is 0 Å². The van der Waals surface area contributed by atoms with Crippen molar-refractivity contribution < 1.29 is 15.0 Å². The Morgan fingerprint density at radius 2 is 2.13 bits per heavy atom. The standard InChI is InChI=1S/C10H8N2O3/c13-9-2-1-6(10(14)15)5-7(9)8-3-4-11-12-8/h1-5,13H,(H,11,12)(H,14,15). The van der Waals surface area contributed by atoms with Gasteiger partial charge in [-0.05, 0) is 24.3 Å². The SMILES string of the molecule is O=C(O)c1ccc(O)c(-c2ccn[nH]2)c1. The Labute approximate surface area is 85.0 Å². The zero-order chi connectivity index (χ0) is 10.8. The lowest BCUT2D eigenvalue weighted by Crippen LogP contribution is -1.96. The van der Waals surface area contributed by atoms with Gasteiger partial charge in [-0.2, -0.15) is 5.10 Å². The zero-order valence-corrected chi connectivity index (χ0v) is 7.64. The lowest BCUT2D eigenvalue weighted by molar-refractivity contribution is 0.0697. The highest BCUT2D eigenvalue weighted by molar-refractivity contribution is 5.90. The number of carboxylic acids is 1. The molecule has 3 N–H and O–H groups in total. The number of H-pyrrole nitrogens is 1. The lowest BCUT2D eigenvalue weighted by Gasteiger charge is -2.02. The van der Waals surface area contributed by atoms with Gasteiger partial charge in [0.05, 0.1) is 11.3 Å². The van der Waals surface area contributed by atoms with Crippen molar-refractivity contribution in [2.75, 3.05) is 0 Å². The molecule has 76 valence electrons. The fourth-order valence-corrected chi connectivity index (χ4v) is 1.29. The Morgan fingerprint density at radius 3 is 2.73 bits per heavy atom. The summed E-state index contributed by atoms with van der Waals surface area (Å²) >= 11 is 0. The third-order valence-electron chi connectivity index (χ3n) is 2.03. The van der Waals surface area contributed by atoms with Crippen LogP contribution in [0.15, 0.2) is 30.5 Å². The number of aromatic nitrogens is 2. The third-order valence-corrected chi connectivity index (χ3v) is 2.03. The van der Waals surface area contributed by atoms with Crippen LogP contribution in [0.5, 0.6) is 5.75 Å². The number of aromatic hydroxyl groups is 1. The first kappa shape index (κ1) is 9.26. The maximum Gasteiger partial charge on any atom is 0.335 e. The van der Waals surface area contributed by atoms with Crippen molar-refractivity contribution in [1.29, 1.82) is 0 Å². The molecule has 1 aromatic carbocycles. The number of nitrogens with one attached hydrogen (secondary N) is 1. The predicted molar refractivity (Wildman–Crippen MR) is 52.6 cm³/mol. The number of carbonyl (C=O) groups is 1. The van der Waals surface area contributed by atoms with Gasteiger partial charge in [0.1, 0.15) is 5.75 Å². The molecule has 15 heavy (non-hydrogen) atoms. The van der Waals surface area contributed by atoms with E-state index in [1.807, 2.05) is 0 Å². The number of carboxylic acid groups (broad SMARTS) is 1. The van der Waals surface area contributed by atoms with E-state index >= 15 is 0 Å². The molecule has 0 bridgehead atoms. The molecule has 0 saturated heterocycles. The molecule has 0 atom stereocenters. The van der Waals surface area contributed by atoms with Gasteiger partial charge in [-0.15, -0.1) is 0 Å². The van der Waals surface area contributed by atoms with Crippen molar-refractivity contribution >= 4 is 5.97 Å². The average Bonchev–Trinajstić information content (AvgIpc) is 2.71.